The maximum atomic E-state index is 12.9. The van der Waals surface area contributed by atoms with Crippen LogP contribution in [-0.2, 0) is 0 Å². The summed E-state index contributed by atoms with van der Waals surface area (Å²) < 4.78 is 38.0. The van der Waals surface area contributed by atoms with Crippen LogP contribution in [0.5, 0.6) is 11.5 Å². The molecule has 134 valence electrons. The second kappa shape index (κ2) is 6.11. The Morgan fingerprint density at radius 3 is 2.68 bits per heavy atom. The number of aryl methyl sites for hydroxylation is 1. The molecule has 0 amide bonds. The van der Waals surface area contributed by atoms with Crippen molar-refractivity contribution in [1.29, 1.82) is 0 Å². The van der Waals surface area contributed by atoms with Crippen molar-refractivity contribution in [1.82, 2.24) is 9.55 Å². The number of alkyl halides is 2. The zero-order valence-corrected chi connectivity index (χ0v) is 13.8. The number of aliphatic hydroxyl groups is 1. The minimum absolute atomic E-state index is 0.257. The lowest BCUT2D eigenvalue weighted by Crippen LogP contribution is -2.55. The van der Waals surface area contributed by atoms with Crippen LogP contribution in [0.3, 0.4) is 0 Å². The lowest BCUT2D eigenvalue weighted by molar-refractivity contribution is -0.215. The van der Waals surface area contributed by atoms with E-state index in [1.165, 1.54) is 24.1 Å². The van der Waals surface area contributed by atoms with Crippen LogP contribution in [0.4, 0.5) is 8.78 Å². The fourth-order valence-corrected chi connectivity index (χ4v) is 2.86. The van der Waals surface area contributed by atoms with Gasteiger partial charge in [0.25, 0.3) is 11.5 Å². The molecule has 0 bridgehead atoms. The van der Waals surface area contributed by atoms with Gasteiger partial charge in [-0.25, -0.2) is 8.78 Å². The molecule has 1 heterocycles. The van der Waals surface area contributed by atoms with E-state index in [1.54, 1.807) is 25.1 Å². The van der Waals surface area contributed by atoms with Crippen LogP contribution in [0.1, 0.15) is 18.5 Å². The minimum atomic E-state index is -2.84. The molecule has 0 spiro atoms. The Balaban J connectivity index is 1.81. The molecule has 1 saturated carbocycles. The molecule has 0 unspecified atom stereocenters. The van der Waals surface area contributed by atoms with Gasteiger partial charge in [-0.05, 0) is 19.1 Å². The van der Waals surface area contributed by atoms with E-state index in [0.717, 1.165) is 0 Å². The van der Waals surface area contributed by atoms with Gasteiger partial charge in [-0.2, -0.15) is 0 Å². The number of benzene rings is 1. The van der Waals surface area contributed by atoms with E-state index in [0.29, 0.717) is 22.9 Å². The van der Waals surface area contributed by atoms with Crippen molar-refractivity contribution in [2.75, 3.05) is 13.7 Å². The highest BCUT2D eigenvalue weighted by Crippen LogP contribution is 2.46. The predicted octanol–water partition coefficient (Wildman–Crippen LogP) is 2.09. The quantitative estimate of drug-likeness (QED) is 0.892. The van der Waals surface area contributed by atoms with Crippen molar-refractivity contribution >= 4 is 0 Å². The fraction of sp³-hybridized carbons (Fsp3) is 0.412. The van der Waals surface area contributed by atoms with E-state index in [2.05, 4.69) is 4.98 Å². The Morgan fingerprint density at radius 2 is 2.04 bits per heavy atom. The summed E-state index contributed by atoms with van der Waals surface area (Å²) in [5.41, 5.74) is -0.889. The number of aromatic nitrogens is 2. The number of hydrogen-bond donors (Lipinski definition) is 1. The zero-order chi connectivity index (χ0) is 18.2. The molecule has 3 rings (SSSR count). The predicted molar refractivity (Wildman–Crippen MR) is 85.7 cm³/mol. The summed E-state index contributed by atoms with van der Waals surface area (Å²) in [6.07, 6.45) is 1.81. The Labute approximate surface area is 142 Å². The van der Waals surface area contributed by atoms with Crippen molar-refractivity contribution in [2.24, 2.45) is 0 Å². The molecule has 25 heavy (non-hydrogen) atoms. The average molecular weight is 352 g/mol. The lowest BCUT2D eigenvalue weighted by atomic mass is 9.77. The van der Waals surface area contributed by atoms with Gasteiger partial charge in [-0.1, -0.05) is 0 Å². The number of rotatable bonds is 5. The fourth-order valence-electron chi connectivity index (χ4n) is 2.86. The highest BCUT2D eigenvalue weighted by molar-refractivity contribution is 5.49. The molecule has 1 N–H and O–H groups in total. The van der Waals surface area contributed by atoms with E-state index in [1.807, 2.05) is 0 Å². The summed E-state index contributed by atoms with van der Waals surface area (Å²) in [5, 5.41) is 9.97. The van der Waals surface area contributed by atoms with Gasteiger partial charge in [0, 0.05) is 31.3 Å². The van der Waals surface area contributed by atoms with Gasteiger partial charge >= 0.3 is 0 Å². The molecule has 2 aromatic rings. The highest BCUT2D eigenvalue weighted by Gasteiger charge is 2.56. The smallest absolute Gasteiger partial charge is 0.276 e. The molecule has 6 nitrogen and oxygen atoms in total. The third kappa shape index (κ3) is 3.48. The van der Waals surface area contributed by atoms with Crippen LogP contribution in [0.2, 0.25) is 0 Å². The molecule has 1 aromatic carbocycles. The highest BCUT2D eigenvalue weighted by atomic mass is 19.3. The summed E-state index contributed by atoms with van der Waals surface area (Å²) in [6.45, 7) is 1.36. The van der Waals surface area contributed by atoms with Gasteiger partial charge in [0.2, 0.25) is 0 Å². The first-order valence-electron chi connectivity index (χ1n) is 7.69. The first kappa shape index (κ1) is 17.3. The Morgan fingerprint density at radius 1 is 1.32 bits per heavy atom. The second-order valence-corrected chi connectivity index (χ2v) is 6.25. The summed E-state index contributed by atoms with van der Waals surface area (Å²) in [5.74, 6) is -2.21. The molecule has 1 aliphatic rings. The Kier molecular flexibility index (Phi) is 4.24. The van der Waals surface area contributed by atoms with Crippen LogP contribution in [-0.4, -0.2) is 39.9 Å². The van der Waals surface area contributed by atoms with E-state index in [-0.39, 0.29) is 12.2 Å². The molecule has 0 saturated heterocycles. The number of halogens is 2. The van der Waals surface area contributed by atoms with Gasteiger partial charge in [0.1, 0.15) is 17.9 Å². The molecule has 1 aliphatic carbocycles. The maximum absolute atomic E-state index is 12.9. The third-order valence-electron chi connectivity index (χ3n) is 4.11. The molecular formula is C17H18F2N2O4. The standard InChI is InChI=1S/C17H18F2N2O4/c1-11-15(22)21(6-5-20-11)12-3-4-13(14(7-12)24-2)25-10-16(23)8-17(18,19)9-16/h3-7,23H,8-10H2,1-2H3. The van der Waals surface area contributed by atoms with Gasteiger partial charge in [0.05, 0.1) is 12.8 Å². The van der Waals surface area contributed by atoms with Crippen molar-refractivity contribution in [3.8, 4) is 17.2 Å². The second-order valence-electron chi connectivity index (χ2n) is 6.25. The summed E-state index contributed by atoms with van der Waals surface area (Å²) in [4.78, 5) is 16.1. The summed E-state index contributed by atoms with van der Waals surface area (Å²) >= 11 is 0. The lowest BCUT2D eigenvalue weighted by Gasteiger charge is -2.42. The SMILES string of the molecule is COc1cc(-n2ccnc(C)c2=O)ccc1OCC1(O)CC(F)(F)C1. The molecule has 1 fully saturated rings. The van der Waals surface area contributed by atoms with Gasteiger partial charge in [-0.3, -0.25) is 14.3 Å². The van der Waals surface area contributed by atoms with Crippen LogP contribution in [0.15, 0.2) is 35.4 Å². The van der Waals surface area contributed by atoms with E-state index < -0.39 is 24.4 Å². The van der Waals surface area contributed by atoms with Gasteiger partial charge in [0.15, 0.2) is 11.5 Å². The van der Waals surface area contributed by atoms with Gasteiger partial charge in [-0.15, -0.1) is 0 Å². The number of ether oxygens (including phenoxy) is 2. The summed E-state index contributed by atoms with van der Waals surface area (Å²) in [7, 11) is 1.43. The molecule has 0 atom stereocenters. The first-order valence-corrected chi connectivity index (χ1v) is 7.69. The van der Waals surface area contributed by atoms with E-state index in [4.69, 9.17) is 9.47 Å². The number of hydrogen-bond acceptors (Lipinski definition) is 5. The van der Waals surface area contributed by atoms with Crippen molar-refractivity contribution in [3.63, 3.8) is 0 Å². The normalized spacial score (nSPS) is 17.6. The van der Waals surface area contributed by atoms with Crippen LogP contribution < -0.4 is 15.0 Å². The van der Waals surface area contributed by atoms with Gasteiger partial charge < -0.3 is 14.6 Å². The minimum Gasteiger partial charge on any atom is -0.493 e. The third-order valence-corrected chi connectivity index (χ3v) is 4.11. The van der Waals surface area contributed by atoms with Crippen molar-refractivity contribution in [3.05, 3.63) is 46.6 Å². The molecular weight excluding hydrogens is 334 g/mol. The monoisotopic (exact) mass is 352 g/mol. The van der Waals surface area contributed by atoms with Crippen molar-refractivity contribution < 1.29 is 23.4 Å². The number of methoxy groups -OCH3 is 1. The number of nitrogens with zero attached hydrogens (tertiary/aromatic N) is 2. The Hall–Kier alpha value is -2.48. The molecule has 0 aliphatic heterocycles. The molecule has 1 aromatic heterocycles. The maximum Gasteiger partial charge on any atom is 0.276 e. The zero-order valence-electron chi connectivity index (χ0n) is 13.8. The van der Waals surface area contributed by atoms with Crippen LogP contribution in [0.25, 0.3) is 5.69 Å². The molecule has 0 radical (unpaired) electrons. The van der Waals surface area contributed by atoms with E-state index in [9.17, 15) is 18.7 Å². The average Bonchev–Trinajstić information content (AvgIpc) is 2.53. The Bertz CT molecular complexity index is 843. The van der Waals surface area contributed by atoms with Crippen LogP contribution >= 0.6 is 0 Å². The van der Waals surface area contributed by atoms with Crippen molar-refractivity contribution in [2.45, 2.75) is 31.3 Å². The summed E-state index contributed by atoms with van der Waals surface area (Å²) in [6, 6.07) is 4.80. The molecule has 8 heteroatoms. The first-order chi connectivity index (χ1) is 11.7. The van der Waals surface area contributed by atoms with Crippen LogP contribution in [0, 0.1) is 6.92 Å². The van der Waals surface area contributed by atoms with E-state index >= 15 is 0 Å². The topological polar surface area (TPSA) is 73.6 Å². The largest absolute Gasteiger partial charge is 0.493 e.